The minimum absolute atomic E-state index is 0.140. The molecule has 0 bridgehead atoms. The predicted octanol–water partition coefficient (Wildman–Crippen LogP) is 0.574. The maximum absolute atomic E-state index is 13.6. The second-order valence-corrected chi connectivity index (χ2v) is 4.05. The van der Waals surface area contributed by atoms with Gasteiger partial charge in [-0.3, -0.25) is 0 Å². The maximum atomic E-state index is 13.6. The Labute approximate surface area is 98.9 Å². The van der Waals surface area contributed by atoms with Gasteiger partial charge in [0.25, 0.3) is 0 Å². The first kappa shape index (κ1) is 12.1. The fourth-order valence-electron chi connectivity index (χ4n) is 1.99. The number of imidazole rings is 1. The normalized spacial score (nSPS) is 11.1. The third-order valence-electron chi connectivity index (χ3n) is 2.78. The first-order valence-electron chi connectivity index (χ1n) is 5.57. The van der Waals surface area contributed by atoms with E-state index in [4.69, 9.17) is 10.0 Å². The van der Waals surface area contributed by atoms with Crippen molar-refractivity contribution in [2.24, 2.45) is 0 Å². The number of fused-ring (bicyclic) bond motifs is 1. The van der Waals surface area contributed by atoms with E-state index in [9.17, 15) is 4.39 Å². The van der Waals surface area contributed by atoms with E-state index in [1.54, 1.807) is 0 Å². The van der Waals surface area contributed by atoms with Gasteiger partial charge in [-0.25, -0.2) is 9.37 Å². The van der Waals surface area contributed by atoms with Crippen LogP contribution in [-0.2, 0) is 6.54 Å². The number of rotatable bonds is 3. The van der Waals surface area contributed by atoms with Gasteiger partial charge in [0.05, 0.1) is 11.0 Å². The monoisotopic (exact) mass is 236 g/mol. The molecule has 0 radical (unpaired) electrons. The molecule has 1 heterocycles. The molecule has 2 N–H and O–H groups in total. The average molecular weight is 236 g/mol. The van der Waals surface area contributed by atoms with Gasteiger partial charge in [0.1, 0.15) is 11.6 Å². The number of aryl methyl sites for hydroxylation is 2. The third-order valence-corrected chi connectivity index (χ3v) is 2.78. The van der Waals surface area contributed by atoms with E-state index in [0.717, 1.165) is 18.8 Å². The Bertz CT molecular complexity index is 554. The van der Waals surface area contributed by atoms with Gasteiger partial charge in [0.15, 0.2) is 0 Å². The van der Waals surface area contributed by atoms with Crippen LogP contribution in [-0.4, -0.2) is 26.7 Å². The zero-order valence-corrected chi connectivity index (χ0v) is 9.81. The molecule has 0 aliphatic heterocycles. The van der Waals surface area contributed by atoms with Gasteiger partial charge in [0.2, 0.25) is 0 Å². The van der Waals surface area contributed by atoms with E-state index in [-0.39, 0.29) is 5.46 Å². The number of hydrogen-bond donors (Lipinski definition) is 2. The molecule has 0 unspecified atom stereocenters. The van der Waals surface area contributed by atoms with Crippen LogP contribution in [0, 0.1) is 12.7 Å². The van der Waals surface area contributed by atoms with Crippen LogP contribution in [0.15, 0.2) is 12.1 Å². The smallest absolute Gasteiger partial charge is 0.423 e. The first-order valence-corrected chi connectivity index (χ1v) is 5.57. The third kappa shape index (κ3) is 2.05. The van der Waals surface area contributed by atoms with Gasteiger partial charge in [-0.15, -0.1) is 0 Å². The SMILES string of the molecule is CCCn1c(C)nc2cc(B(O)O)c(F)cc21. The van der Waals surface area contributed by atoms with E-state index >= 15 is 0 Å². The quantitative estimate of drug-likeness (QED) is 0.766. The van der Waals surface area contributed by atoms with Crippen LogP contribution in [0.25, 0.3) is 11.0 Å². The molecule has 4 nitrogen and oxygen atoms in total. The fraction of sp³-hybridized carbons (Fsp3) is 0.364. The van der Waals surface area contributed by atoms with Gasteiger partial charge in [0, 0.05) is 12.0 Å². The molecule has 0 atom stereocenters. The van der Waals surface area contributed by atoms with Crippen LogP contribution in [0.1, 0.15) is 19.2 Å². The standard InChI is InChI=1S/C11H14BFN2O2/c1-3-4-15-7(2)14-10-5-8(12(16)17)9(13)6-11(10)15/h5-6,16-17H,3-4H2,1-2H3. The lowest BCUT2D eigenvalue weighted by Crippen LogP contribution is -2.32. The van der Waals surface area contributed by atoms with Crippen molar-refractivity contribution in [3.05, 3.63) is 23.8 Å². The number of nitrogens with zero attached hydrogens (tertiary/aromatic N) is 2. The molecule has 0 aliphatic carbocycles. The summed E-state index contributed by atoms with van der Waals surface area (Å²) < 4.78 is 15.6. The zero-order valence-electron chi connectivity index (χ0n) is 9.81. The van der Waals surface area contributed by atoms with Gasteiger partial charge < -0.3 is 14.6 Å². The second-order valence-electron chi connectivity index (χ2n) is 4.05. The van der Waals surface area contributed by atoms with Gasteiger partial charge in [-0.05, 0) is 25.5 Å². The van der Waals surface area contributed by atoms with E-state index in [1.807, 2.05) is 18.4 Å². The molecule has 6 heteroatoms. The maximum Gasteiger partial charge on any atom is 0.491 e. The molecule has 0 saturated carbocycles. The van der Waals surface area contributed by atoms with E-state index in [0.29, 0.717) is 11.0 Å². The van der Waals surface area contributed by atoms with Crippen molar-refractivity contribution >= 4 is 23.6 Å². The second kappa shape index (κ2) is 4.47. The number of halogens is 1. The zero-order chi connectivity index (χ0) is 12.6. The Balaban J connectivity index is 2.65. The lowest BCUT2D eigenvalue weighted by atomic mass is 9.79. The molecule has 2 aromatic rings. The minimum Gasteiger partial charge on any atom is -0.423 e. The van der Waals surface area contributed by atoms with Gasteiger partial charge in [-0.2, -0.15) is 0 Å². The summed E-state index contributed by atoms with van der Waals surface area (Å²) >= 11 is 0. The highest BCUT2D eigenvalue weighted by molar-refractivity contribution is 6.59. The van der Waals surface area contributed by atoms with Crippen molar-refractivity contribution in [3.8, 4) is 0 Å². The van der Waals surface area contributed by atoms with Crippen molar-refractivity contribution in [2.75, 3.05) is 0 Å². The van der Waals surface area contributed by atoms with Crippen molar-refractivity contribution in [2.45, 2.75) is 26.8 Å². The van der Waals surface area contributed by atoms with Crippen LogP contribution in [0.3, 0.4) is 0 Å². The molecule has 1 aromatic heterocycles. The highest BCUT2D eigenvalue weighted by atomic mass is 19.1. The topological polar surface area (TPSA) is 58.3 Å². The first-order chi connectivity index (χ1) is 8.04. The molecule has 0 saturated heterocycles. The summed E-state index contributed by atoms with van der Waals surface area (Å²) in [5.41, 5.74) is 1.13. The number of benzene rings is 1. The van der Waals surface area contributed by atoms with E-state index in [2.05, 4.69) is 4.98 Å². The highest BCUT2D eigenvalue weighted by Crippen LogP contribution is 2.17. The minimum atomic E-state index is -1.81. The Hall–Kier alpha value is -1.40. The molecule has 0 aliphatic rings. The van der Waals surface area contributed by atoms with Crippen molar-refractivity contribution in [3.63, 3.8) is 0 Å². The number of hydrogen-bond acceptors (Lipinski definition) is 3. The summed E-state index contributed by atoms with van der Waals surface area (Å²) in [5.74, 6) is 0.176. The molecule has 0 amide bonds. The summed E-state index contributed by atoms with van der Waals surface area (Å²) in [5, 5.41) is 18.0. The van der Waals surface area contributed by atoms with Crippen molar-refractivity contribution in [1.29, 1.82) is 0 Å². The van der Waals surface area contributed by atoms with Gasteiger partial charge in [-0.1, -0.05) is 6.92 Å². The molecular formula is C11H14BFN2O2. The van der Waals surface area contributed by atoms with Crippen LogP contribution in [0.4, 0.5) is 4.39 Å². The fourth-order valence-corrected chi connectivity index (χ4v) is 1.99. The Morgan fingerprint density at radius 3 is 2.71 bits per heavy atom. The van der Waals surface area contributed by atoms with Crippen molar-refractivity contribution < 1.29 is 14.4 Å². The number of aromatic nitrogens is 2. The summed E-state index contributed by atoms with van der Waals surface area (Å²) in [7, 11) is -1.81. The molecule has 1 aromatic carbocycles. The lowest BCUT2D eigenvalue weighted by molar-refractivity contribution is 0.423. The molecule has 0 spiro atoms. The van der Waals surface area contributed by atoms with Crippen LogP contribution < -0.4 is 5.46 Å². The van der Waals surface area contributed by atoms with E-state index < -0.39 is 12.9 Å². The average Bonchev–Trinajstić information content (AvgIpc) is 2.55. The Kier molecular flexibility index (Phi) is 3.17. The molecule has 0 fully saturated rings. The molecule has 17 heavy (non-hydrogen) atoms. The predicted molar refractivity (Wildman–Crippen MR) is 64.5 cm³/mol. The highest BCUT2D eigenvalue weighted by Gasteiger charge is 2.19. The van der Waals surface area contributed by atoms with Crippen molar-refractivity contribution in [1.82, 2.24) is 9.55 Å². The summed E-state index contributed by atoms with van der Waals surface area (Å²) in [6.45, 7) is 4.65. The lowest BCUT2D eigenvalue weighted by Gasteiger charge is -2.05. The van der Waals surface area contributed by atoms with Crippen LogP contribution in [0.2, 0.25) is 0 Å². The Morgan fingerprint density at radius 1 is 1.41 bits per heavy atom. The van der Waals surface area contributed by atoms with E-state index in [1.165, 1.54) is 12.1 Å². The largest absolute Gasteiger partial charge is 0.491 e. The van der Waals surface area contributed by atoms with Crippen LogP contribution >= 0.6 is 0 Å². The van der Waals surface area contributed by atoms with Gasteiger partial charge >= 0.3 is 7.12 Å². The summed E-state index contributed by atoms with van der Waals surface area (Å²) in [4.78, 5) is 4.29. The Morgan fingerprint density at radius 2 is 2.12 bits per heavy atom. The molecular weight excluding hydrogens is 222 g/mol. The molecule has 2 rings (SSSR count). The van der Waals surface area contributed by atoms with Crippen LogP contribution in [0.5, 0.6) is 0 Å². The summed E-state index contributed by atoms with van der Waals surface area (Å²) in [6.07, 6.45) is 0.929. The summed E-state index contributed by atoms with van der Waals surface area (Å²) in [6, 6.07) is 2.69. The molecule has 90 valence electrons.